The van der Waals surface area contributed by atoms with Crippen molar-refractivity contribution in [1.29, 1.82) is 0 Å². The number of hydrogen-bond donors (Lipinski definition) is 4. The number of unbranched alkanes of at least 4 members (excludes halogenated alkanes) is 15. The van der Waals surface area contributed by atoms with E-state index in [1.165, 1.54) is 38.5 Å². The molecule has 0 amide bonds. The van der Waals surface area contributed by atoms with Gasteiger partial charge in [0, 0.05) is 19.3 Å². The van der Waals surface area contributed by atoms with E-state index in [-0.39, 0.29) is 19.3 Å². The molecule has 16 nitrogen and oxygen atoms in total. The highest BCUT2D eigenvalue weighted by molar-refractivity contribution is 7.47. The van der Waals surface area contributed by atoms with E-state index in [4.69, 9.17) is 32.3 Å². The first-order valence-corrected chi connectivity index (χ1v) is 40.1. The zero-order valence-corrected chi connectivity index (χ0v) is 62.6. The summed E-state index contributed by atoms with van der Waals surface area (Å²) in [4.78, 5) is 58.5. The van der Waals surface area contributed by atoms with Crippen LogP contribution in [0, 0.1) is 0 Å². The summed E-state index contributed by atoms with van der Waals surface area (Å²) in [6.07, 6.45) is 92.4. The third-order valence-corrected chi connectivity index (χ3v) is 16.5. The molecular weight excluding hydrogens is 1290 g/mol. The lowest BCUT2D eigenvalue weighted by molar-refractivity contribution is -0.161. The van der Waals surface area contributed by atoms with Gasteiger partial charge in [0.05, 0.1) is 26.4 Å². The average Bonchev–Trinajstić information content (AvgIpc) is 2.62. The maximum Gasteiger partial charge on any atom is 0.472 e. The molecule has 0 aromatic heterocycles. The van der Waals surface area contributed by atoms with Crippen molar-refractivity contribution in [2.45, 2.75) is 270 Å². The molecule has 5 unspecified atom stereocenters. The van der Waals surface area contributed by atoms with Crippen molar-refractivity contribution < 1.29 is 75.8 Å². The van der Waals surface area contributed by atoms with Crippen LogP contribution in [-0.4, -0.2) is 95.9 Å². The number of phosphoric acid groups is 2. The molecule has 0 spiro atoms. The number of esters is 3. The Labute approximate surface area is 598 Å². The fourth-order valence-electron chi connectivity index (χ4n) is 9.07. The summed E-state index contributed by atoms with van der Waals surface area (Å²) < 4.78 is 60.9. The number of carbonyl (C=O) groups excluding carboxylic acids is 3. The van der Waals surface area contributed by atoms with Gasteiger partial charge < -0.3 is 34.2 Å². The van der Waals surface area contributed by atoms with Crippen LogP contribution in [-0.2, 0) is 55.8 Å². The molecule has 0 aliphatic heterocycles. The second-order valence-electron chi connectivity index (χ2n) is 23.9. The number of phosphoric ester groups is 2. The number of rotatable bonds is 68. The lowest BCUT2D eigenvalue weighted by Gasteiger charge is -2.21. The van der Waals surface area contributed by atoms with E-state index >= 15 is 0 Å². The Morgan fingerprint density at radius 3 is 0.838 bits per heavy atom. The van der Waals surface area contributed by atoms with E-state index in [2.05, 4.69) is 191 Å². The maximum absolute atomic E-state index is 12.9. The van der Waals surface area contributed by atoms with Crippen LogP contribution in [0.2, 0.25) is 0 Å². The number of allylic oxidation sites excluding steroid dienone is 30. The molecule has 0 saturated carbocycles. The molecule has 5 atom stereocenters. The minimum Gasteiger partial charge on any atom is -0.463 e. The van der Waals surface area contributed by atoms with Gasteiger partial charge in [-0.2, -0.15) is 0 Å². The largest absolute Gasteiger partial charge is 0.472 e. The summed E-state index contributed by atoms with van der Waals surface area (Å²) >= 11 is 0. The summed E-state index contributed by atoms with van der Waals surface area (Å²) in [6, 6.07) is 0. The molecular formula is C81H130O16P2. The Hall–Kier alpha value is -5.35. The fraction of sp³-hybridized carbons (Fsp3) is 0.593. The first kappa shape index (κ1) is 93.6. The predicted octanol–water partition coefficient (Wildman–Crippen LogP) is 21.4. The first-order valence-electron chi connectivity index (χ1n) is 37.1. The summed E-state index contributed by atoms with van der Waals surface area (Å²) in [5.74, 6) is -1.70. The Morgan fingerprint density at radius 2 is 0.515 bits per heavy atom. The summed E-state index contributed by atoms with van der Waals surface area (Å²) in [5.41, 5.74) is 0. The topological polar surface area (TPSA) is 231 Å². The summed E-state index contributed by atoms with van der Waals surface area (Å²) in [7, 11) is -9.83. The van der Waals surface area contributed by atoms with Gasteiger partial charge in [0.15, 0.2) is 6.10 Å². The third kappa shape index (κ3) is 73.7. The van der Waals surface area contributed by atoms with Crippen LogP contribution in [0.3, 0.4) is 0 Å². The molecule has 18 heteroatoms. The number of ether oxygens (including phenoxy) is 3. The van der Waals surface area contributed by atoms with Gasteiger partial charge in [-0.25, -0.2) is 9.13 Å². The molecule has 0 aliphatic carbocycles. The number of aliphatic hydroxyl groups excluding tert-OH is 2. The van der Waals surface area contributed by atoms with Gasteiger partial charge >= 0.3 is 33.6 Å². The van der Waals surface area contributed by atoms with E-state index in [1.807, 2.05) is 12.2 Å². The number of hydrogen-bond acceptors (Lipinski definition) is 14. The van der Waals surface area contributed by atoms with Gasteiger partial charge in [0.1, 0.15) is 25.4 Å². The van der Waals surface area contributed by atoms with Crippen LogP contribution in [0.4, 0.5) is 0 Å². The van der Waals surface area contributed by atoms with E-state index < -0.39 is 91.5 Å². The molecule has 0 rings (SSSR count). The lowest BCUT2D eigenvalue weighted by Crippen LogP contribution is -2.30. The monoisotopic (exact) mass is 1420 g/mol. The van der Waals surface area contributed by atoms with Crippen molar-refractivity contribution in [2.24, 2.45) is 0 Å². The summed E-state index contributed by atoms with van der Waals surface area (Å²) in [5, 5.41) is 20.6. The Balaban J connectivity index is 4.67. The molecule has 0 aromatic rings. The second kappa shape index (κ2) is 72.4. The smallest absolute Gasteiger partial charge is 0.463 e. The zero-order chi connectivity index (χ0) is 72.3. The lowest BCUT2D eigenvalue weighted by atomic mass is 10.0. The summed E-state index contributed by atoms with van der Waals surface area (Å²) in [6.45, 7) is 2.19. The minimum absolute atomic E-state index is 0.0113. The van der Waals surface area contributed by atoms with E-state index in [0.29, 0.717) is 25.7 Å². The Bertz CT molecular complexity index is 2530. The maximum atomic E-state index is 12.9. The van der Waals surface area contributed by atoms with Crippen LogP contribution in [0.1, 0.15) is 252 Å². The van der Waals surface area contributed by atoms with Gasteiger partial charge in [-0.1, -0.05) is 267 Å². The standard InChI is InChI=1S/C81H130O16P2/c1-4-7-10-13-16-19-22-25-28-31-33-34-35-36-37-38-39-40-42-45-46-49-52-55-58-61-64-67-79(84)91-70-76(82)71-93-98(87,88)94-72-77(83)73-95-99(89,90)96-75-78(97-81(86)69-66-63-60-57-54-51-48-43-30-27-24-21-18-15-12-9-6-3)74-92-80(85)68-65-62-59-56-53-50-47-44-41-32-29-26-23-20-17-14-11-8-5-2/h7-12,16-21,25-30,33-34,36-37,41,44,48,50-51,53,57,60,76-78,82-83H,4-6,13-15,22-24,31-32,35,38-40,42-43,45-47,49,52,54-56,58-59,61-75H2,1-3H3,(H,87,88)(H,89,90)/b10-7-,11-8-,12-9-,19-16-,20-17-,21-18-,28-25-,29-26-,30-27-,34-33-,37-36-,44-41-,51-48-,53-50-,60-57-. The number of carbonyl (C=O) groups is 3. The zero-order valence-electron chi connectivity index (χ0n) is 60.8. The molecule has 0 heterocycles. The van der Waals surface area contributed by atoms with Gasteiger partial charge in [-0.05, 0) is 148 Å². The Morgan fingerprint density at radius 1 is 0.283 bits per heavy atom. The van der Waals surface area contributed by atoms with Gasteiger partial charge in [-0.15, -0.1) is 0 Å². The van der Waals surface area contributed by atoms with Crippen molar-refractivity contribution in [2.75, 3.05) is 39.6 Å². The van der Waals surface area contributed by atoms with Crippen LogP contribution < -0.4 is 0 Å². The third-order valence-electron chi connectivity index (χ3n) is 14.6. The number of aliphatic hydroxyl groups is 2. The van der Waals surface area contributed by atoms with Gasteiger partial charge in [0.25, 0.3) is 0 Å². The first-order chi connectivity index (χ1) is 48.2. The molecule has 0 aliphatic rings. The second-order valence-corrected chi connectivity index (χ2v) is 26.9. The molecule has 0 bridgehead atoms. The van der Waals surface area contributed by atoms with Crippen molar-refractivity contribution in [3.8, 4) is 0 Å². The fourth-order valence-corrected chi connectivity index (χ4v) is 10.7. The molecule has 4 N–H and O–H groups in total. The van der Waals surface area contributed by atoms with Crippen molar-refractivity contribution in [3.63, 3.8) is 0 Å². The van der Waals surface area contributed by atoms with Crippen molar-refractivity contribution in [3.05, 3.63) is 182 Å². The molecule has 0 aromatic carbocycles. The van der Waals surface area contributed by atoms with E-state index in [0.717, 1.165) is 148 Å². The van der Waals surface area contributed by atoms with E-state index in [9.17, 15) is 43.5 Å². The molecule has 0 radical (unpaired) electrons. The van der Waals surface area contributed by atoms with Crippen LogP contribution in [0.25, 0.3) is 0 Å². The van der Waals surface area contributed by atoms with E-state index in [1.54, 1.807) is 0 Å². The molecule has 560 valence electrons. The van der Waals surface area contributed by atoms with Crippen molar-refractivity contribution in [1.82, 2.24) is 0 Å². The highest BCUT2D eigenvalue weighted by atomic mass is 31.2. The highest BCUT2D eigenvalue weighted by Crippen LogP contribution is 2.45. The predicted molar refractivity (Wildman–Crippen MR) is 408 cm³/mol. The van der Waals surface area contributed by atoms with Crippen LogP contribution in [0.5, 0.6) is 0 Å². The molecule has 99 heavy (non-hydrogen) atoms. The van der Waals surface area contributed by atoms with Gasteiger partial charge in [-0.3, -0.25) is 32.5 Å². The normalized spacial score (nSPS) is 15.1. The quantitative estimate of drug-likeness (QED) is 0.0146. The molecule has 0 fully saturated rings. The Kier molecular flexibility index (Phi) is 68.5. The van der Waals surface area contributed by atoms with Crippen molar-refractivity contribution >= 4 is 33.6 Å². The minimum atomic E-state index is -4.96. The SMILES string of the molecule is CC/C=C\C/C=C\C/C=C\C/C=C\C/C=C\CCCCCCCCCCCCCC(=O)OCC(O)COP(=O)(O)OCC(O)COP(=O)(O)OCC(COC(=O)CCCCC/C=C\C/C=C\C/C=C\C/C=C\C/C=C\CC)OC(=O)CCC/C=C\C/C=C\C/C=C\C/C=C\C/C=C\CC. The van der Waals surface area contributed by atoms with Gasteiger partial charge in [0.2, 0.25) is 0 Å². The highest BCUT2D eigenvalue weighted by Gasteiger charge is 2.29. The van der Waals surface area contributed by atoms with Crippen LogP contribution in [0.15, 0.2) is 182 Å². The molecule has 0 saturated heterocycles. The van der Waals surface area contributed by atoms with Crippen LogP contribution >= 0.6 is 15.6 Å². The average molecular weight is 1420 g/mol.